The summed E-state index contributed by atoms with van der Waals surface area (Å²) in [6.07, 6.45) is 0. The molecule has 10 heteroatoms. The summed E-state index contributed by atoms with van der Waals surface area (Å²) in [6.45, 7) is 1.74. The standard InChI is InChI=1S/C19H17ClN4O4S/c1-12-2-4-13(5-3-12)18-21-19(28-24-18)29-11-17(26)23-22-16(25)10-27-15-8-6-14(20)7-9-15/h2-9H,10-11H2,1H3,(H,22,25)(H,23,26). The Morgan fingerprint density at radius 1 is 1.07 bits per heavy atom. The number of hydrogen-bond acceptors (Lipinski definition) is 7. The van der Waals surface area contributed by atoms with Crippen LogP contribution >= 0.6 is 23.4 Å². The highest BCUT2D eigenvalue weighted by molar-refractivity contribution is 7.99. The molecule has 2 N–H and O–H groups in total. The summed E-state index contributed by atoms with van der Waals surface area (Å²) in [6, 6.07) is 14.3. The summed E-state index contributed by atoms with van der Waals surface area (Å²) >= 11 is 6.83. The highest BCUT2D eigenvalue weighted by atomic mass is 35.5. The third-order valence-corrected chi connectivity index (χ3v) is 4.64. The van der Waals surface area contributed by atoms with Crippen LogP contribution in [0, 0.1) is 6.92 Å². The van der Waals surface area contributed by atoms with Crippen LogP contribution in [0.3, 0.4) is 0 Å². The quantitative estimate of drug-likeness (QED) is 0.436. The number of hydrazine groups is 1. The normalized spacial score (nSPS) is 10.4. The van der Waals surface area contributed by atoms with Gasteiger partial charge in [-0.2, -0.15) is 4.98 Å². The molecule has 0 fully saturated rings. The molecule has 150 valence electrons. The number of rotatable bonds is 7. The Hall–Kier alpha value is -3.04. The van der Waals surface area contributed by atoms with E-state index in [0.717, 1.165) is 22.9 Å². The Kier molecular flexibility index (Phi) is 7.09. The van der Waals surface area contributed by atoms with Crippen molar-refractivity contribution in [3.05, 3.63) is 59.1 Å². The van der Waals surface area contributed by atoms with E-state index in [2.05, 4.69) is 21.0 Å². The van der Waals surface area contributed by atoms with Crippen molar-refractivity contribution in [1.82, 2.24) is 21.0 Å². The van der Waals surface area contributed by atoms with Crippen molar-refractivity contribution >= 4 is 35.2 Å². The molecule has 2 aromatic carbocycles. The lowest BCUT2D eigenvalue weighted by atomic mass is 10.1. The minimum atomic E-state index is -0.502. The zero-order valence-corrected chi connectivity index (χ0v) is 16.9. The van der Waals surface area contributed by atoms with Gasteiger partial charge in [0.15, 0.2) is 6.61 Å². The average Bonchev–Trinajstić information content (AvgIpc) is 3.20. The molecule has 1 heterocycles. The molecule has 8 nitrogen and oxygen atoms in total. The molecule has 29 heavy (non-hydrogen) atoms. The molecule has 0 unspecified atom stereocenters. The first-order valence-electron chi connectivity index (χ1n) is 8.49. The van der Waals surface area contributed by atoms with Crippen LogP contribution < -0.4 is 15.6 Å². The second-order valence-corrected chi connectivity index (χ2v) is 7.24. The fourth-order valence-corrected chi connectivity index (χ4v) is 2.80. The first-order valence-corrected chi connectivity index (χ1v) is 9.85. The molecular weight excluding hydrogens is 416 g/mol. The molecule has 0 bridgehead atoms. The summed E-state index contributed by atoms with van der Waals surface area (Å²) in [5.74, 6) is 0.00357. The van der Waals surface area contributed by atoms with E-state index < -0.39 is 11.8 Å². The highest BCUT2D eigenvalue weighted by Gasteiger charge is 2.12. The molecule has 0 aliphatic rings. The molecule has 0 saturated heterocycles. The van der Waals surface area contributed by atoms with Gasteiger partial charge in [-0.05, 0) is 31.2 Å². The number of carbonyl (C=O) groups excluding carboxylic acids is 2. The SMILES string of the molecule is Cc1ccc(-c2noc(SCC(=O)NNC(=O)COc3ccc(Cl)cc3)n2)cc1. The average molecular weight is 433 g/mol. The Morgan fingerprint density at radius 3 is 2.48 bits per heavy atom. The number of halogens is 1. The van der Waals surface area contributed by atoms with E-state index in [4.69, 9.17) is 20.9 Å². The Labute approximate surface area is 175 Å². The molecule has 0 saturated carbocycles. The van der Waals surface area contributed by atoms with Crippen LogP contribution in [0.25, 0.3) is 11.4 Å². The van der Waals surface area contributed by atoms with Crippen molar-refractivity contribution in [2.45, 2.75) is 12.1 Å². The predicted octanol–water partition coefficient (Wildman–Crippen LogP) is 3.02. The third-order valence-electron chi connectivity index (χ3n) is 3.57. The monoisotopic (exact) mass is 432 g/mol. The van der Waals surface area contributed by atoms with E-state index in [9.17, 15) is 9.59 Å². The lowest BCUT2D eigenvalue weighted by Crippen LogP contribution is -2.44. The molecule has 1 aromatic heterocycles. The number of benzene rings is 2. The number of thioether (sulfide) groups is 1. The predicted molar refractivity (Wildman–Crippen MR) is 108 cm³/mol. The smallest absolute Gasteiger partial charge is 0.286 e. The van der Waals surface area contributed by atoms with Gasteiger partial charge < -0.3 is 9.26 Å². The zero-order valence-electron chi connectivity index (χ0n) is 15.3. The first-order chi connectivity index (χ1) is 14.0. The highest BCUT2D eigenvalue weighted by Crippen LogP contribution is 2.21. The van der Waals surface area contributed by atoms with Crippen LogP contribution in [0.4, 0.5) is 0 Å². The topological polar surface area (TPSA) is 106 Å². The van der Waals surface area contributed by atoms with E-state index in [1.165, 1.54) is 0 Å². The summed E-state index contributed by atoms with van der Waals surface area (Å²) in [4.78, 5) is 27.8. The number of aromatic nitrogens is 2. The Morgan fingerprint density at radius 2 is 1.76 bits per heavy atom. The number of aryl methyl sites for hydroxylation is 1. The van der Waals surface area contributed by atoms with Gasteiger partial charge >= 0.3 is 0 Å². The van der Waals surface area contributed by atoms with Crippen LogP contribution in [0.5, 0.6) is 5.75 Å². The fraction of sp³-hybridized carbons (Fsp3) is 0.158. The van der Waals surface area contributed by atoms with Gasteiger partial charge in [-0.15, -0.1) is 0 Å². The number of ether oxygens (including phenoxy) is 1. The van der Waals surface area contributed by atoms with Crippen molar-refractivity contribution in [3.8, 4) is 17.1 Å². The van der Waals surface area contributed by atoms with Crippen LogP contribution in [-0.4, -0.2) is 34.3 Å². The van der Waals surface area contributed by atoms with E-state index in [0.29, 0.717) is 16.6 Å². The first kappa shape index (κ1) is 20.7. The molecule has 0 aliphatic carbocycles. The maximum Gasteiger partial charge on any atom is 0.286 e. The van der Waals surface area contributed by atoms with E-state index >= 15 is 0 Å². The van der Waals surface area contributed by atoms with E-state index in [1.807, 2.05) is 31.2 Å². The van der Waals surface area contributed by atoms with Crippen molar-refractivity contribution in [3.63, 3.8) is 0 Å². The minimum absolute atomic E-state index is 0.00610. The van der Waals surface area contributed by atoms with E-state index in [1.54, 1.807) is 24.3 Å². The van der Waals surface area contributed by atoms with Gasteiger partial charge in [-0.1, -0.05) is 58.3 Å². The van der Waals surface area contributed by atoms with Crippen LogP contribution in [-0.2, 0) is 9.59 Å². The molecule has 0 atom stereocenters. The van der Waals surface area contributed by atoms with Crippen molar-refractivity contribution in [1.29, 1.82) is 0 Å². The zero-order chi connectivity index (χ0) is 20.6. The molecule has 3 aromatic rings. The van der Waals surface area contributed by atoms with E-state index in [-0.39, 0.29) is 17.6 Å². The van der Waals surface area contributed by atoms with Crippen molar-refractivity contribution < 1.29 is 18.8 Å². The summed E-state index contributed by atoms with van der Waals surface area (Å²) in [7, 11) is 0. The van der Waals surface area contributed by atoms with Crippen LogP contribution in [0.15, 0.2) is 58.3 Å². The molecule has 3 rings (SSSR count). The van der Waals surface area contributed by atoms with Gasteiger partial charge in [-0.25, -0.2) is 0 Å². The fourth-order valence-electron chi connectivity index (χ4n) is 2.11. The Balaban J connectivity index is 1.38. The van der Waals surface area contributed by atoms with Gasteiger partial charge in [0.25, 0.3) is 11.1 Å². The number of hydrogen-bond donors (Lipinski definition) is 2. The largest absolute Gasteiger partial charge is 0.484 e. The number of nitrogens with zero attached hydrogens (tertiary/aromatic N) is 2. The molecular formula is C19H17ClN4O4S. The molecule has 2 amide bonds. The summed E-state index contributed by atoms with van der Waals surface area (Å²) in [5, 5.41) is 4.72. The molecule has 0 radical (unpaired) electrons. The summed E-state index contributed by atoms with van der Waals surface area (Å²) in [5.41, 5.74) is 6.51. The number of carbonyl (C=O) groups is 2. The lowest BCUT2D eigenvalue weighted by molar-refractivity contribution is -0.128. The van der Waals surface area contributed by atoms with Gasteiger partial charge in [-0.3, -0.25) is 20.4 Å². The van der Waals surface area contributed by atoms with Gasteiger partial charge in [0, 0.05) is 10.6 Å². The van der Waals surface area contributed by atoms with Crippen LogP contribution in [0.1, 0.15) is 5.56 Å². The van der Waals surface area contributed by atoms with Gasteiger partial charge in [0.2, 0.25) is 11.7 Å². The third kappa shape index (κ3) is 6.51. The molecule has 0 spiro atoms. The number of amides is 2. The van der Waals surface area contributed by atoms with Gasteiger partial charge in [0.1, 0.15) is 5.75 Å². The Bertz CT molecular complexity index is 977. The van der Waals surface area contributed by atoms with Crippen molar-refractivity contribution in [2.24, 2.45) is 0 Å². The lowest BCUT2D eigenvalue weighted by Gasteiger charge is -2.08. The number of nitrogens with one attached hydrogen (secondary N) is 2. The van der Waals surface area contributed by atoms with Crippen molar-refractivity contribution in [2.75, 3.05) is 12.4 Å². The second-order valence-electron chi connectivity index (χ2n) is 5.88. The summed E-state index contributed by atoms with van der Waals surface area (Å²) < 4.78 is 10.4. The molecule has 0 aliphatic heterocycles. The second kappa shape index (κ2) is 9.94. The maximum absolute atomic E-state index is 11.9. The minimum Gasteiger partial charge on any atom is -0.484 e. The maximum atomic E-state index is 11.9. The van der Waals surface area contributed by atoms with Gasteiger partial charge in [0.05, 0.1) is 5.75 Å². The van der Waals surface area contributed by atoms with Crippen LogP contribution in [0.2, 0.25) is 5.02 Å².